The first-order valence-electron chi connectivity index (χ1n) is 5.35. The molecule has 0 amide bonds. The second kappa shape index (κ2) is 4.60. The molecule has 2 aromatic rings. The third-order valence-corrected chi connectivity index (χ3v) is 2.65. The molecule has 1 aromatic heterocycles. The summed E-state index contributed by atoms with van der Waals surface area (Å²) >= 11 is 0. The Kier molecular flexibility index (Phi) is 3.14. The first-order chi connectivity index (χ1) is 8.62. The van der Waals surface area contributed by atoms with Gasteiger partial charge in [0.25, 0.3) is 0 Å². The zero-order valence-corrected chi connectivity index (χ0v) is 10.7. The van der Waals surface area contributed by atoms with Crippen molar-refractivity contribution in [1.82, 2.24) is 0 Å². The zero-order chi connectivity index (χ0) is 13.3. The molecule has 18 heavy (non-hydrogen) atoms. The maximum absolute atomic E-state index is 12.0. The van der Waals surface area contributed by atoms with E-state index < -0.39 is 0 Å². The predicted octanol–water partition coefficient (Wildman–Crippen LogP) is 2.13. The van der Waals surface area contributed by atoms with E-state index in [0.717, 1.165) is 0 Å². The van der Waals surface area contributed by atoms with E-state index in [0.29, 0.717) is 34.0 Å². The van der Waals surface area contributed by atoms with E-state index in [1.165, 1.54) is 27.4 Å². The van der Waals surface area contributed by atoms with E-state index in [4.69, 9.17) is 18.6 Å². The number of aryl methyl sites for hydroxylation is 1. The molecule has 0 spiro atoms. The lowest BCUT2D eigenvalue weighted by Gasteiger charge is -2.13. The Labute approximate surface area is 104 Å². The highest BCUT2D eigenvalue weighted by Crippen LogP contribution is 2.42. The van der Waals surface area contributed by atoms with Gasteiger partial charge in [0.1, 0.15) is 16.7 Å². The van der Waals surface area contributed by atoms with Crippen LogP contribution >= 0.6 is 0 Å². The highest BCUT2D eigenvalue weighted by molar-refractivity contribution is 5.89. The summed E-state index contributed by atoms with van der Waals surface area (Å²) in [5.74, 6) is 1.68. The van der Waals surface area contributed by atoms with Crippen LogP contribution in [0.25, 0.3) is 11.0 Å². The molecule has 96 valence electrons. The maximum atomic E-state index is 12.0. The molecule has 1 aromatic carbocycles. The van der Waals surface area contributed by atoms with Gasteiger partial charge in [0.2, 0.25) is 5.75 Å². The number of ether oxygens (including phenoxy) is 3. The molecule has 0 saturated heterocycles. The maximum Gasteiger partial charge on any atom is 0.204 e. The second-order valence-electron chi connectivity index (χ2n) is 3.74. The van der Waals surface area contributed by atoms with Crippen LogP contribution < -0.4 is 19.6 Å². The first-order valence-corrected chi connectivity index (χ1v) is 5.35. The Morgan fingerprint density at radius 2 is 1.67 bits per heavy atom. The van der Waals surface area contributed by atoms with Crippen LogP contribution in [0.3, 0.4) is 0 Å². The Morgan fingerprint density at radius 1 is 1.00 bits per heavy atom. The summed E-state index contributed by atoms with van der Waals surface area (Å²) in [6.07, 6.45) is 0. The van der Waals surface area contributed by atoms with Gasteiger partial charge in [-0.1, -0.05) is 0 Å². The van der Waals surface area contributed by atoms with Crippen molar-refractivity contribution in [1.29, 1.82) is 0 Å². The molecule has 0 radical (unpaired) electrons. The fraction of sp³-hybridized carbons (Fsp3) is 0.308. The number of fused-ring (bicyclic) bond motifs is 1. The molecule has 0 bridgehead atoms. The van der Waals surface area contributed by atoms with E-state index in [9.17, 15) is 4.79 Å². The first kappa shape index (κ1) is 12.3. The molecule has 5 heteroatoms. The Morgan fingerprint density at radius 3 is 2.22 bits per heavy atom. The summed E-state index contributed by atoms with van der Waals surface area (Å²) in [5, 5.41) is 0.348. The van der Waals surface area contributed by atoms with Crippen LogP contribution in [0.1, 0.15) is 5.76 Å². The molecular formula is C13H14O5. The third-order valence-electron chi connectivity index (χ3n) is 2.65. The lowest BCUT2D eigenvalue weighted by atomic mass is 10.1. The number of hydrogen-bond acceptors (Lipinski definition) is 5. The van der Waals surface area contributed by atoms with Gasteiger partial charge in [-0.15, -0.1) is 0 Å². The van der Waals surface area contributed by atoms with Crippen LogP contribution in [0.4, 0.5) is 0 Å². The average Bonchev–Trinajstić information content (AvgIpc) is 2.35. The van der Waals surface area contributed by atoms with Gasteiger partial charge < -0.3 is 18.6 Å². The summed E-state index contributed by atoms with van der Waals surface area (Å²) in [4.78, 5) is 12.0. The quantitative estimate of drug-likeness (QED) is 0.835. The molecule has 5 nitrogen and oxygen atoms in total. The summed E-state index contributed by atoms with van der Waals surface area (Å²) in [6, 6.07) is 3.03. The van der Waals surface area contributed by atoms with Gasteiger partial charge in [0.15, 0.2) is 16.9 Å². The van der Waals surface area contributed by atoms with E-state index >= 15 is 0 Å². The van der Waals surface area contributed by atoms with Crippen molar-refractivity contribution in [2.75, 3.05) is 21.3 Å². The van der Waals surface area contributed by atoms with Gasteiger partial charge in [-0.3, -0.25) is 4.79 Å². The molecule has 0 N–H and O–H groups in total. The molecule has 0 saturated carbocycles. The summed E-state index contributed by atoms with van der Waals surface area (Å²) < 4.78 is 21.2. The highest BCUT2D eigenvalue weighted by Gasteiger charge is 2.19. The SMILES string of the molecule is COc1cc2oc(C)cc(=O)c2c(OC)c1OC. The monoisotopic (exact) mass is 250 g/mol. The number of rotatable bonds is 3. The van der Waals surface area contributed by atoms with E-state index in [-0.39, 0.29) is 5.43 Å². The Bertz CT molecular complexity index is 642. The van der Waals surface area contributed by atoms with Gasteiger partial charge in [-0.05, 0) is 6.92 Å². The van der Waals surface area contributed by atoms with Crippen LogP contribution in [0.2, 0.25) is 0 Å². The molecular weight excluding hydrogens is 236 g/mol. The van der Waals surface area contributed by atoms with Gasteiger partial charge in [0.05, 0.1) is 21.3 Å². The molecule has 0 atom stereocenters. The third kappa shape index (κ3) is 1.77. The molecule has 2 rings (SSSR count). The van der Waals surface area contributed by atoms with Crippen LogP contribution in [-0.2, 0) is 0 Å². The average molecular weight is 250 g/mol. The molecule has 0 aliphatic rings. The Balaban J connectivity index is 2.97. The Hall–Kier alpha value is -2.17. The fourth-order valence-electron chi connectivity index (χ4n) is 1.91. The van der Waals surface area contributed by atoms with Crippen LogP contribution in [0, 0.1) is 6.92 Å². The predicted molar refractivity (Wildman–Crippen MR) is 66.9 cm³/mol. The van der Waals surface area contributed by atoms with Crippen LogP contribution in [0.5, 0.6) is 17.2 Å². The van der Waals surface area contributed by atoms with Gasteiger partial charge >= 0.3 is 0 Å². The van der Waals surface area contributed by atoms with Crippen molar-refractivity contribution in [3.8, 4) is 17.2 Å². The summed E-state index contributed by atoms with van der Waals surface area (Å²) in [6.45, 7) is 1.71. The largest absolute Gasteiger partial charge is 0.493 e. The van der Waals surface area contributed by atoms with Crippen LogP contribution in [-0.4, -0.2) is 21.3 Å². The van der Waals surface area contributed by atoms with E-state index in [2.05, 4.69) is 0 Å². The highest BCUT2D eigenvalue weighted by atomic mass is 16.5. The van der Waals surface area contributed by atoms with Crippen molar-refractivity contribution in [2.45, 2.75) is 6.92 Å². The fourth-order valence-corrected chi connectivity index (χ4v) is 1.91. The smallest absolute Gasteiger partial charge is 0.204 e. The van der Waals surface area contributed by atoms with Crippen molar-refractivity contribution in [3.05, 3.63) is 28.1 Å². The lowest BCUT2D eigenvalue weighted by Crippen LogP contribution is -2.05. The van der Waals surface area contributed by atoms with Crippen LogP contribution in [0.15, 0.2) is 21.3 Å². The summed E-state index contributed by atoms with van der Waals surface area (Å²) in [5.41, 5.74) is 0.237. The second-order valence-corrected chi connectivity index (χ2v) is 3.74. The van der Waals surface area contributed by atoms with Gasteiger partial charge in [-0.2, -0.15) is 0 Å². The minimum atomic E-state index is -0.174. The molecule has 0 aliphatic heterocycles. The molecule has 0 fully saturated rings. The molecule has 0 aliphatic carbocycles. The standard InChI is InChI=1S/C13H14O5/c1-7-5-8(14)11-9(18-7)6-10(15-2)12(16-3)13(11)17-4/h5-6H,1-4H3. The minimum absolute atomic E-state index is 0.174. The number of methoxy groups -OCH3 is 3. The lowest BCUT2D eigenvalue weighted by molar-refractivity contribution is 0.326. The zero-order valence-electron chi connectivity index (χ0n) is 10.7. The minimum Gasteiger partial charge on any atom is -0.493 e. The van der Waals surface area contributed by atoms with Crippen molar-refractivity contribution >= 4 is 11.0 Å². The normalized spacial score (nSPS) is 10.4. The van der Waals surface area contributed by atoms with Gasteiger partial charge in [-0.25, -0.2) is 0 Å². The summed E-state index contributed by atoms with van der Waals surface area (Å²) in [7, 11) is 4.47. The molecule has 0 unspecified atom stereocenters. The number of hydrogen-bond donors (Lipinski definition) is 0. The van der Waals surface area contributed by atoms with E-state index in [1.807, 2.05) is 0 Å². The van der Waals surface area contributed by atoms with Gasteiger partial charge in [0, 0.05) is 12.1 Å². The van der Waals surface area contributed by atoms with Crippen molar-refractivity contribution in [3.63, 3.8) is 0 Å². The van der Waals surface area contributed by atoms with Crippen molar-refractivity contribution in [2.24, 2.45) is 0 Å². The van der Waals surface area contributed by atoms with E-state index in [1.54, 1.807) is 13.0 Å². The molecule has 1 heterocycles. The van der Waals surface area contributed by atoms with Crippen molar-refractivity contribution < 1.29 is 18.6 Å². The number of benzene rings is 1. The topological polar surface area (TPSA) is 57.9 Å².